The van der Waals surface area contributed by atoms with Gasteiger partial charge in [0, 0.05) is 25.2 Å². The largest absolute Gasteiger partial charge is 0.496 e. The van der Waals surface area contributed by atoms with Crippen molar-refractivity contribution in [2.45, 2.75) is 19.4 Å². The number of benzene rings is 1. The van der Waals surface area contributed by atoms with Crippen LogP contribution in [0.3, 0.4) is 0 Å². The quantitative estimate of drug-likeness (QED) is 0.881. The Bertz CT molecular complexity index is 413. The van der Waals surface area contributed by atoms with Gasteiger partial charge in [0.2, 0.25) is 0 Å². The molecule has 18 heavy (non-hydrogen) atoms. The van der Waals surface area contributed by atoms with E-state index in [2.05, 4.69) is 28.4 Å². The lowest BCUT2D eigenvalue weighted by molar-refractivity contribution is 0.265. The van der Waals surface area contributed by atoms with Gasteiger partial charge in [-0.05, 0) is 37.4 Å². The molecule has 2 heterocycles. The van der Waals surface area contributed by atoms with Crippen molar-refractivity contribution in [2.75, 3.05) is 33.3 Å². The molecule has 3 nitrogen and oxygen atoms in total. The van der Waals surface area contributed by atoms with Gasteiger partial charge in [0.15, 0.2) is 0 Å². The van der Waals surface area contributed by atoms with Crippen LogP contribution in [0.2, 0.25) is 0 Å². The number of nitrogens with zero attached hydrogens (tertiary/aromatic N) is 1. The van der Waals surface area contributed by atoms with E-state index in [4.69, 9.17) is 4.74 Å². The third kappa shape index (κ3) is 2.25. The topological polar surface area (TPSA) is 24.5 Å². The molecule has 98 valence electrons. The zero-order chi connectivity index (χ0) is 12.4. The van der Waals surface area contributed by atoms with Crippen molar-refractivity contribution in [3.8, 4) is 5.75 Å². The minimum absolute atomic E-state index is 0.558. The van der Waals surface area contributed by atoms with Crippen molar-refractivity contribution in [3.63, 3.8) is 0 Å². The van der Waals surface area contributed by atoms with Gasteiger partial charge in [0.25, 0.3) is 0 Å². The third-order valence-corrected chi connectivity index (χ3v) is 4.44. The van der Waals surface area contributed by atoms with Crippen LogP contribution in [-0.2, 0) is 6.54 Å². The van der Waals surface area contributed by atoms with Gasteiger partial charge in [-0.1, -0.05) is 18.2 Å². The molecule has 1 N–H and O–H groups in total. The van der Waals surface area contributed by atoms with Crippen LogP contribution in [0, 0.1) is 5.41 Å². The first kappa shape index (κ1) is 12.0. The fourth-order valence-corrected chi connectivity index (χ4v) is 3.38. The van der Waals surface area contributed by atoms with Crippen LogP contribution in [0.15, 0.2) is 24.3 Å². The summed E-state index contributed by atoms with van der Waals surface area (Å²) in [5, 5.41) is 3.51. The second kappa shape index (κ2) is 4.90. The van der Waals surface area contributed by atoms with E-state index < -0.39 is 0 Å². The molecule has 0 aromatic heterocycles. The Morgan fingerprint density at radius 2 is 2.22 bits per heavy atom. The number of rotatable bonds is 3. The maximum atomic E-state index is 5.43. The minimum Gasteiger partial charge on any atom is -0.496 e. The molecule has 0 amide bonds. The zero-order valence-electron chi connectivity index (χ0n) is 11.1. The minimum atomic E-state index is 0.558. The Labute approximate surface area is 109 Å². The van der Waals surface area contributed by atoms with Crippen LogP contribution in [0.1, 0.15) is 18.4 Å². The molecule has 1 atom stereocenters. The van der Waals surface area contributed by atoms with Crippen LogP contribution in [-0.4, -0.2) is 38.2 Å². The molecule has 3 heteroatoms. The van der Waals surface area contributed by atoms with E-state index in [0.717, 1.165) is 12.3 Å². The van der Waals surface area contributed by atoms with Crippen molar-refractivity contribution >= 4 is 0 Å². The van der Waals surface area contributed by atoms with Gasteiger partial charge in [0.1, 0.15) is 5.75 Å². The summed E-state index contributed by atoms with van der Waals surface area (Å²) in [6.07, 6.45) is 2.69. The monoisotopic (exact) mass is 246 g/mol. The van der Waals surface area contributed by atoms with Gasteiger partial charge in [-0.15, -0.1) is 0 Å². The summed E-state index contributed by atoms with van der Waals surface area (Å²) in [5.41, 5.74) is 1.87. The molecule has 1 aromatic rings. The molecule has 3 rings (SSSR count). The number of methoxy groups -OCH3 is 1. The van der Waals surface area contributed by atoms with E-state index in [0.29, 0.717) is 5.41 Å². The summed E-state index contributed by atoms with van der Waals surface area (Å²) in [7, 11) is 1.76. The summed E-state index contributed by atoms with van der Waals surface area (Å²) < 4.78 is 5.43. The molecular weight excluding hydrogens is 224 g/mol. The van der Waals surface area contributed by atoms with Gasteiger partial charge < -0.3 is 10.1 Å². The lowest BCUT2D eigenvalue weighted by Gasteiger charge is -2.23. The van der Waals surface area contributed by atoms with Gasteiger partial charge in [0.05, 0.1) is 7.11 Å². The van der Waals surface area contributed by atoms with Crippen LogP contribution in [0.25, 0.3) is 0 Å². The smallest absolute Gasteiger partial charge is 0.123 e. The molecule has 1 spiro atoms. The summed E-state index contributed by atoms with van der Waals surface area (Å²) in [6.45, 7) is 5.88. The first-order valence-electron chi connectivity index (χ1n) is 6.86. The van der Waals surface area contributed by atoms with Crippen molar-refractivity contribution in [2.24, 2.45) is 5.41 Å². The van der Waals surface area contributed by atoms with Gasteiger partial charge in [-0.25, -0.2) is 0 Å². The second-order valence-corrected chi connectivity index (χ2v) is 5.70. The van der Waals surface area contributed by atoms with E-state index in [9.17, 15) is 0 Å². The zero-order valence-corrected chi connectivity index (χ0v) is 11.1. The standard InChI is InChI=1S/C15H22N2O/c1-18-14-5-3-2-4-13(14)10-17-9-7-15(12-17)6-8-16-11-15/h2-5,16H,6-12H2,1H3. The molecule has 0 radical (unpaired) electrons. The molecule has 0 aliphatic carbocycles. The van der Waals surface area contributed by atoms with Crippen molar-refractivity contribution in [1.29, 1.82) is 0 Å². The predicted octanol–water partition coefficient (Wildman–Crippen LogP) is 1.88. The average molecular weight is 246 g/mol. The number of nitrogens with one attached hydrogen (secondary N) is 1. The first-order chi connectivity index (χ1) is 8.81. The van der Waals surface area contributed by atoms with Crippen LogP contribution < -0.4 is 10.1 Å². The Morgan fingerprint density at radius 3 is 3.00 bits per heavy atom. The molecule has 0 bridgehead atoms. The predicted molar refractivity (Wildman–Crippen MR) is 72.8 cm³/mol. The lowest BCUT2D eigenvalue weighted by atomic mass is 9.86. The summed E-state index contributed by atoms with van der Waals surface area (Å²) in [4.78, 5) is 2.57. The Hall–Kier alpha value is -1.06. The number of ether oxygens (including phenoxy) is 1. The van der Waals surface area contributed by atoms with Crippen LogP contribution in [0.4, 0.5) is 0 Å². The summed E-state index contributed by atoms with van der Waals surface area (Å²) >= 11 is 0. The Morgan fingerprint density at radius 1 is 1.33 bits per heavy atom. The van der Waals surface area contributed by atoms with E-state index in [1.165, 1.54) is 44.6 Å². The third-order valence-electron chi connectivity index (χ3n) is 4.44. The molecule has 1 aromatic carbocycles. The molecule has 2 aliphatic heterocycles. The molecule has 2 fully saturated rings. The van der Waals surface area contributed by atoms with E-state index >= 15 is 0 Å². The van der Waals surface area contributed by atoms with Gasteiger partial charge in [-0.3, -0.25) is 4.90 Å². The number of para-hydroxylation sites is 1. The normalized spacial score (nSPS) is 28.1. The highest BCUT2D eigenvalue weighted by Gasteiger charge is 2.40. The summed E-state index contributed by atoms with van der Waals surface area (Å²) in [6, 6.07) is 8.37. The molecular formula is C15H22N2O. The number of hydrogen-bond acceptors (Lipinski definition) is 3. The average Bonchev–Trinajstić information content (AvgIpc) is 3.01. The fraction of sp³-hybridized carbons (Fsp3) is 0.600. The first-order valence-corrected chi connectivity index (χ1v) is 6.86. The van der Waals surface area contributed by atoms with Gasteiger partial charge >= 0.3 is 0 Å². The molecule has 1 unspecified atom stereocenters. The summed E-state index contributed by atoms with van der Waals surface area (Å²) in [5.74, 6) is 1.02. The highest BCUT2D eigenvalue weighted by molar-refractivity contribution is 5.33. The van der Waals surface area contributed by atoms with Crippen molar-refractivity contribution < 1.29 is 4.74 Å². The number of hydrogen-bond donors (Lipinski definition) is 1. The highest BCUT2D eigenvalue weighted by Crippen LogP contribution is 2.37. The van der Waals surface area contributed by atoms with Gasteiger partial charge in [-0.2, -0.15) is 0 Å². The molecule has 0 saturated carbocycles. The maximum Gasteiger partial charge on any atom is 0.123 e. The SMILES string of the molecule is COc1ccccc1CN1CCC2(CCNC2)C1. The van der Waals surface area contributed by atoms with E-state index in [1.54, 1.807) is 7.11 Å². The lowest BCUT2D eigenvalue weighted by Crippen LogP contribution is -2.29. The molecule has 2 saturated heterocycles. The maximum absolute atomic E-state index is 5.43. The van der Waals surface area contributed by atoms with Crippen molar-refractivity contribution in [3.05, 3.63) is 29.8 Å². The van der Waals surface area contributed by atoms with E-state index in [1.807, 2.05) is 6.07 Å². The number of likely N-dealkylation sites (tertiary alicyclic amines) is 1. The van der Waals surface area contributed by atoms with Crippen molar-refractivity contribution in [1.82, 2.24) is 10.2 Å². The Balaban J connectivity index is 1.67. The van der Waals surface area contributed by atoms with Crippen LogP contribution >= 0.6 is 0 Å². The highest BCUT2D eigenvalue weighted by atomic mass is 16.5. The van der Waals surface area contributed by atoms with E-state index in [-0.39, 0.29) is 0 Å². The fourth-order valence-electron chi connectivity index (χ4n) is 3.38. The van der Waals surface area contributed by atoms with Crippen LogP contribution in [0.5, 0.6) is 5.75 Å². The Kier molecular flexibility index (Phi) is 3.27. The molecule has 2 aliphatic rings. The second-order valence-electron chi connectivity index (χ2n) is 5.70.